The predicted octanol–water partition coefficient (Wildman–Crippen LogP) is 8.55. The van der Waals surface area contributed by atoms with E-state index in [0.717, 1.165) is 38.7 Å². The minimum Gasteiger partial charge on any atom is -0.518 e. The number of hydrogen-bond donors (Lipinski definition) is 1. The summed E-state index contributed by atoms with van der Waals surface area (Å²) >= 11 is 0. The van der Waals surface area contributed by atoms with Crippen molar-refractivity contribution in [2.45, 2.75) is 39.5 Å². The third kappa shape index (κ3) is 4.83. The zero-order chi connectivity index (χ0) is 27.8. The summed E-state index contributed by atoms with van der Waals surface area (Å²) in [7, 11) is 1.94. The van der Waals surface area contributed by atoms with E-state index in [1.54, 1.807) is 18.3 Å². The number of pyridine rings is 1. The van der Waals surface area contributed by atoms with E-state index >= 15 is 0 Å². The predicted molar refractivity (Wildman–Crippen MR) is 156 cm³/mol. The SMILES string of the molecule is [C-]#[N+]c1c(C(C)C)cc(C(C)C)c(O)c1-c1[c-]c2c(-c3[c-]c(-c4ncccc4C#N)ccc3)cccc2n1C.[Pt+2]. The number of rotatable bonds is 5. The summed E-state index contributed by atoms with van der Waals surface area (Å²) in [5, 5.41) is 21.9. The van der Waals surface area contributed by atoms with Crippen molar-refractivity contribution in [3.63, 3.8) is 0 Å². The molecule has 0 aliphatic carbocycles. The van der Waals surface area contributed by atoms with Gasteiger partial charge in [-0.05, 0) is 46.2 Å². The van der Waals surface area contributed by atoms with E-state index in [9.17, 15) is 10.4 Å². The maximum atomic E-state index is 11.5. The Morgan fingerprint density at radius 2 is 1.68 bits per heavy atom. The molecule has 0 aliphatic rings. The summed E-state index contributed by atoms with van der Waals surface area (Å²) in [6.45, 7) is 16.3. The van der Waals surface area contributed by atoms with Crippen molar-refractivity contribution in [3.05, 3.63) is 101 Å². The maximum absolute atomic E-state index is 11.5. The minimum absolute atomic E-state index is 0. The number of nitrogens with zero attached hydrogens (tertiary/aromatic N) is 4. The van der Waals surface area contributed by atoms with Gasteiger partial charge in [0.05, 0.1) is 18.4 Å². The van der Waals surface area contributed by atoms with Crippen molar-refractivity contribution in [1.29, 1.82) is 5.26 Å². The van der Waals surface area contributed by atoms with Crippen LogP contribution in [0.25, 0.3) is 49.4 Å². The van der Waals surface area contributed by atoms with Gasteiger partial charge in [-0.2, -0.15) is 5.26 Å². The molecule has 0 saturated heterocycles. The van der Waals surface area contributed by atoms with E-state index in [4.69, 9.17) is 6.57 Å². The molecule has 40 heavy (non-hydrogen) atoms. The fourth-order valence-corrected chi connectivity index (χ4v) is 5.13. The normalized spacial score (nSPS) is 10.9. The van der Waals surface area contributed by atoms with Crippen molar-refractivity contribution in [2.24, 2.45) is 7.05 Å². The van der Waals surface area contributed by atoms with E-state index < -0.39 is 0 Å². The first-order chi connectivity index (χ1) is 18.8. The van der Waals surface area contributed by atoms with Gasteiger partial charge < -0.3 is 9.67 Å². The Labute approximate surface area is 249 Å². The second-order valence-corrected chi connectivity index (χ2v) is 10.3. The van der Waals surface area contributed by atoms with Crippen LogP contribution in [0.5, 0.6) is 5.75 Å². The molecule has 0 aliphatic heterocycles. The van der Waals surface area contributed by atoms with E-state index in [2.05, 4.69) is 41.9 Å². The fourth-order valence-electron chi connectivity index (χ4n) is 5.13. The first kappa shape index (κ1) is 28.8. The van der Waals surface area contributed by atoms with Gasteiger partial charge in [0.25, 0.3) is 0 Å². The number of aryl methyl sites for hydroxylation is 1. The molecule has 0 atom stereocenters. The zero-order valence-electron chi connectivity index (χ0n) is 23.0. The van der Waals surface area contributed by atoms with Gasteiger partial charge in [0.1, 0.15) is 0 Å². The minimum atomic E-state index is 0. The van der Waals surface area contributed by atoms with Crippen LogP contribution in [-0.4, -0.2) is 14.7 Å². The Morgan fingerprint density at radius 1 is 0.975 bits per heavy atom. The first-order valence-electron chi connectivity index (χ1n) is 12.9. The van der Waals surface area contributed by atoms with Crippen molar-refractivity contribution >= 4 is 16.6 Å². The van der Waals surface area contributed by atoms with Gasteiger partial charge in [-0.3, -0.25) is 4.98 Å². The number of phenols is 1. The molecular weight excluding hydrogens is 675 g/mol. The number of fused-ring (bicyclic) bond motifs is 1. The van der Waals surface area contributed by atoms with Crippen LogP contribution < -0.4 is 0 Å². The number of hydrogen-bond acceptors (Lipinski definition) is 3. The maximum Gasteiger partial charge on any atom is 2.00 e. The van der Waals surface area contributed by atoms with E-state index in [-0.39, 0.29) is 38.7 Å². The van der Waals surface area contributed by atoms with Gasteiger partial charge in [-0.1, -0.05) is 68.8 Å². The molecule has 0 spiro atoms. The number of benzene rings is 3. The second kappa shape index (κ2) is 11.5. The smallest absolute Gasteiger partial charge is 0.518 e. The van der Waals surface area contributed by atoms with Crippen molar-refractivity contribution < 1.29 is 26.2 Å². The molecule has 5 aromatic rings. The molecule has 0 unspecified atom stereocenters. The molecule has 0 radical (unpaired) electrons. The zero-order valence-corrected chi connectivity index (χ0v) is 25.3. The van der Waals surface area contributed by atoms with Crippen LogP contribution in [0.2, 0.25) is 0 Å². The molecule has 3 aromatic carbocycles. The molecule has 6 heteroatoms. The van der Waals surface area contributed by atoms with Crippen molar-refractivity contribution in [1.82, 2.24) is 9.55 Å². The van der Waals surface area contributed by atoms with E-state index in [1.165, 1.54) is 0 Å². The fraction of sp³-hybridized carbons (Fsp3) is 0.206. The van der Waals surface area contributed by atoms with Crippen LogP contribution in [-0.2, 0) is 28.1 Å². The van der Waals surface area contributed by atoms with Gasteiger partial charge in [-0.15, -0.1) is 41.3 Å². The van der Waals surface area contributed by atoms with Crippen LogP contribution in [0.4, 0.5) is 5.69 Å². The largest absolute Gasteiger partial charge is 2.00 e. The van der Waals surface area contributed by atoms with Crippen LogP contribution in [0.3, 0.4) is 0 Å². The molecule has 0 bridgehead atoms. The monoisotopic (exact) mass is 703 g/mol. The Kier molecular flexibility index (Phi) is 8.29. The van der Waals surface area contributed by atoms with Gasteiger partial charge in [-0.25, -0.2) is 4.85 Å². The van der Waals surface area contributed by atoms with Crippen molar-refractivity contribution in [2.75, 3.05) is 0 Å². The van der Waals surface area contributed by atoms with Crippen LogP contribution in [0.15, 0.2) is 60.8 Å². The van der Waals surface area contributed by atoms with Gasteiger partial charge in [0.15, 0.2) is 5.69 Å². The summed E-state index contributed by atoms with van der Waals surface area (Å²) in [6, 6.07) is 26.5. The third-order valence-corrected chi connectivity index (χ3v) is 7.18. The second-order valence-electron chi connectivity index (χ2n) is 10.3. The Bertz CT molecular complexity index is 1820. The molecule has 5 rings (SSSR count). The molecule has 0 saturated carbocycles. The first-order valence-corrected chi connectivity index (χ1v) is 12.9. The average Bonchev–Trinajstić information content (AvgIpc) is 3.28. The molecule has 1 N–H and O–H groups in total. The molecule has 2 aromatic heterocycles. The van der Waals surface area contributed by atoms with Crippen LogP contribution in [0.1, 0.15) is 56.2 Å². The number of nitriles is 1. The van der Waals surface area contributed by atoms with Gasteiger partial charge in [0.2, 0.25) is 0 Å². The average molecular weight is 704 g/mol. The van der Waals surface area contributed by atoms with Crippen molar-refractivity contribution in [3.8, 4) is 45.5 Å². The molecule has 0 fully saturated rings. The standard InChI is InChI=1S/C34H28N4O.Pt/c1-20(2)26-17-27(21(3)4)34(39)31(33(26)36-5)30-18-28-25(13-8-14-29(28)38(30)6)22-10-7-11-23(16-22)32-24(19-35)12-9-15-37-32;/h7-15,17,20-21,39H,1-4,6H3;/q-2;+2. The number of aromatic nitrogens is 2. The summed E-state index contributed by atoms with van der Waals surface area (Å²) in [4.78, 5) is 8.33. The summed E-state index contributed by atoms with van der Waals surface area (Å²) < 4.78 is 1.99. The Hall–Kier alpha value is -4.18. The molecular formula is C34H28N4OPt. The summed E-state index contributed by atoms with van der Waals surface area (Å²) in [5.41, 5.74) is 7.89. The molecule has 5 nitrogen and oxygen atoms in total. The Balaban J connectivity index is 0.00000370. The molecule has 0 amide bonds. The van der Waals surface area contributed by atoms with E-state index in [1.807, 2.05) is 67.9 Å². The quantitative estimate of drug-likeness (QED) is 0.187. The Morgan fingerprint density at radius 3 is 2.35 bits per heavy atom. The number of aromatic hydroxyl groups is 1. The third-order valence-electron chi connectivity index (χ3n) is 7.18. The van der Waals surface area contributed by atoms with Gasteiger partial charge in [0, 0.05) is 24.5 Å². The number of phenolic OH excluding ortho intramolecular Hbond substituents is 1. The summed E-state index contributed by atoms with van der Waals surface area (Å²) in [6.07, 6.45) is 1.67. The topological polar surface area (TPSA) is 66.2 Å². The molecule has 2 heterocycles. The van der Waals surface area contributed by atoms with Gasteiger partial charge >= 0.3 is 21.1 Å². The van der Waals surface area contributed by atoms with Crippen LogP contribution in [0, 0.1) is 30.0 Å². The van der Waals surface area contributed by atoms with Crippen LogP contribution >= 0.6 is 0 Å². The van der Waals surface area contributed by atoms with E-state index in [0.29, 0.717) is 28.2 Å². The molecule has 200 valence electrons. The summed E-state index contributed by atoms with van der Waals surface area (Å²) in [5.74, 6) is 0.351.